The SMILES string of the molecule is C#CCC(NCC)C1COc2ccccc21. The lowest BCUT2D eigenvalue weighted by Gasteiger charge is -2.21. The van der Waals surface area contributed by atoms with Crippen LogP contribution < -0.4 is 10.1 Å². The Morgan fingerprint density at radius 1 is 1.56 bits per heavy atom. The molecule has 84 valence electrons. The maximum Gasteiger partial charge on any atom is 0.122 e. The van der Waals surface area contributed by atoms with Crippen molar-refractivity contribution in [2.24, 2.45) is 0 Å². The van der Waals surface area contributed by atoms with Gasteiger partial charge in [-0.05, 0) is 12.6 Å². The van der Waals surface area contributed by atoms with Gasteiger partial charge >= 0.3 is 0 Å². The molecular weight excluding hydrogens is 198 g/mol. The van der Waals surface area contributed by atoms with Crippen LogP contribution in [0.1, 0.15) is 24.8 Å². The number of likely N-dealkylation sites (N-methyl/N-ethyl adjacent to an activating group) is 1. The summed E-state index contributed by atoms with van der Waals surface area (Å²) in [7, 11) is 0. The van der Waals surface area contributed by atoms with Gasteiger partial charge in [-0.2, -0.15) is 0 Å². The second-order valence-electron chi connectivity index (χ2n) is 4.03. The summed E-state index contributed by atoms with van der Waals surface area (Å²) in [6.45, 7) is 3.77. The Morgan fingerprint density at radius 3 is 3.12 bits per heavy atom. The Kier molecular flexibility index (Phi) is 3.48. The molecule has 2 rings (SSSR count). The zero-order chi connectivity index (χ0) is 11.4. The summed E-state index contributed by atoms with van der Waals surface area (Å²) in [6, 6.07) is 8.53. The number of hydrogen-bond donors (Lipinski definition) is 1. The lowest BCUT2D eigenvalue weighted by atomic mass is 9.91. The predicted molar refractivity (Wildman–Crippen MR) is 65.6 cm³/mol. The summed E-state index contributed by atoms with van der Waals surface area (Å²) in [5.41, 5.74) is 1.28. The average molecular weight is 215 g/mol. The fourth-order valence-electron chi connectivity index (χ4n) is 2.27. The van der Waals surface area contributed by atoms with Crippen molar-refractivity contribution in [1.29, 1.82) is 0 Å². The van der Waals surface area contributed by atoms with E-state index in [9.17, 15) is 0 Å². The third kappa shape index (κ3) is 2.05. The van der Waals surface area contributed by atoms with Crippen LogP contribution in [0.25, 0.3) is 0 Å². The molecule has 0 bridgehead atoms. The second kappa shape index (κ2) is 5.05. The van der Waals surface area contributed by atoms with Crippen LogP contribution in [0.2, 0.25) is 0 Å². The lowest BCUT2D eigenvalue weighted by Crippen LogP contribution is -2.35. The van der Waals surface area contributed by atoms with E-state index in [-0.39, 0.29) is 0 Å². The van der Waals surface area contributed by atoms with Gasteiger partial charge in [-0.15, -0.1) is 12.3 Å². The number of rotatable bonds is 4. The molecule has 1 heterocycles. The predicted octanol–water partition coefficient (Wildman–Crippen LogP) is 2.16. The highest BCUT2D eigenvalue weighted by atomic mass is 16.5. The monoisotopic (exact) mass is 215 g/mol. The number of terminal acetylenes is 1. The van der Waals surface area contributed by atoms with Gasteiger partial charge in [0.25, 0.3) is 0 Å². The first kappa shape index (κ1) is 11.0. The Morgan fingerprint density at radius 2 is 2.38 bits per heavy atom. The largest absolute Gasteiger partial charge is 0.493 e. The quantitative estimate of drug-likeness (QED) is 0.777. The normalized spacial score (nSPS) is 19.6. The highest BCUT2D eigenvalue weighted by Crippen LogP contribution is 2.36. The minimum absolute atomic E-state index is 0.318. The molecule has 1 N–H and O–H groups in total. The summed E-state index contributed by atoms with van der Waals surface area (Å²) in [4.78, 5) is 0. The summed E-state index contributed by atoms with van der Waals surface area (Å²) in [6.07, 6.45) is 6.16. The van der Waals surface area contributed by atoms with E-state index in [0.717, 1.165) is 25.3 Å². The maximum absolute atomic E-state index is 5.68. The molecule has 16 heavy (non-hydrogen) atoms. The minimum Gasteiger partial charge on any atom is -0.493 e. The van der Waals surface area contributed by atoms with Crippen LogP contribution in [0.15, 0.2) is 24.3 Å². The van der Waals surface area contributed by atoms with Gasteiger partial charge in [-0.3, -0.25) is 0 Å². The van der Waals surface area contributed by atoms with E-state index < -0.39 is 0 Å². The van der Waals surface area contributed by atoms with Crippen LogP contribution in [-0.4, -0.2) is 19.2 Å². The second-order valence-corrected chi connectivity index (χ2v) is 4.03. The van der Waals surface area contributed by atoms with Gasteiger partial charge in [0.15, 0.2) is 0 Å². The zero-order valence-electron chi connectivity index (χ0n) is 9.57. The molecule has 1 aromatic rings. The Hall–Kier alpha value is -1.46. The fourth-order valence-corrected chi connectivity index (χ4v) is 2.27. The van der Waals surface area contributed by atoms with Gasteiger partial charge in [0, 0.05) is 23.9 Å². The van der Waals surface area contributed by atoms with Crippen molar-refractivity contribution in [3.8, 4) is 18.1 Å². The van der Waals surface area contributed by atoms with E-state index in [1.54, 1.807) is 0 Å². The summed E-state index contributed by atoms with van der Waals surface area (Å²) in [5.74, 6) is 4.13. The van der Waals surface area contributed by atoms with Gasteiger partial charge in [-0.1, -0.05) is 25.1 Å². The van der Waals surface area contributed by atoms with Crippen molar-refractivity contribution in [2.45, 2.75) is 25.3 Å². The van der Waals surface area contributed by atoms with Crippen molar-refractivity contribution in [3.63, 3.8) is 0 Å². The van der Waals surface area contributed by atoms with Gasteiger partial charge in [0.2, 0.25) is 0 Å². The van der Waals surface area contributed by atoms with Crippen molar-refractivity contribution < 1.29 is 4.74 Å². The number of fused-ring (bicyclic) bond motifs is 1. The highest BCUT2D eigenvalue weighted by Gasteiger charge is 2.29. The lowest BCUT2D eigenvalue weighted by molar-refractivity contribution is 0.300. The van der Waals surface area contributed by atoms with Crippen molar-refractivity contribution in [2.75, 3.05) is 13.2 Å². The first-order valence-corrected chi connectivity index (χ1v) is 5.75. The van der Waals surface area contributed by atoms with Gasteiger partial charge < -0.3 is 10.1 Å². The summed E-state index contributed by atoms with van der Waals surface area (Å²) < 4.78 is 5.68. The Balaban J connectivity index is 2.19. The molecule has 2 heteroatoms. The van der Waals surface area contributed by atoms with E-state index in [2.05, 4.69) is 30.3 Å². The molecule has 1 aromatic carbocycles. The molecule has 2 nitrogen and oxygen atoms in total. The van der Waals surface area contributed by atoms with Crippen LogP contribution in [0.4, 0.5) is 0 Å². The Bertz CT molecular complexity index is 394. The molecule has 2 atom stereocenters. The van der Waals surface area contributed by atoms with Crippen LogP contribution in [0.5, 0.6) is 5.75 Å². The molecule has 2 unspecified atom stereocenters. The number of benzene rings is 1. The minimum atomic E-state index is 0.318. The van der Waals surface area contributed by atoms with E-state index in [1.165, 1.54) is 5.56 Å². The van der Waals surface area contributed by atoms with E-state index >= 15 is 0 Å². The number of ether oxygens (including phenoxy) is 1. The topological polar surface area (TPSA) is 21.3 Å². The summed E-state index contributed by atoms with van der Waals surface area (Å²) in [5, 5.41) is 3.44. The third-order valence-electron chi connectivity index (χ3n) is 3.03. The summed E-state index contributed by atoms with van der Waals surface area (Å²) >= 11 is 0. The standard InChI is InChI=1S/C14H17NO/c1-3-7-13(15-4-2)12-10-16-14-9-6-5-8-11(12)14/h1,5-6,8-9,12-13,15H,4,7,10H2,2H3. The van der Waals surface area contributed by atoms with Gasteiger partial charge in [0.05, 0.1) is 6.61 Å². The van der Waals surface area contributed by atoms with E-state index in [1.807, 2.05) is 12.1 Å². The van der Waals surface area contributed by atoms with Crippen LogP contribution in [-0.2, 0) is 0 Å². The first-order valence-electron chi connectivity index (χ1n) is 5.75. The molecule has 1 aliphatic rings. The highest BCUT2D eigenvalue weighted by molar-refractivity contribution is 5.40. The van der Waals surface area contributed by atoms with Crippen molar-refractivity contribution in [3.05, 3.63) is 29.8 Å². The smallest absolute Gasteiger partial charge is 0.122 e. The number of para-hydroxylation sites is 1. The van der Waals surface area contributed by atoms with Crippen LogP contribution in [0.3, 0.4) is 0 Å². The molecule has 0 aliphatic carbocycles. The van der Waals surface area contributed by atoms with Gasteiger partial charge in [0.1, 0.15) is 5.75 Å². The average Bonchev–Trinajstić information content (AvgIpc) is 2.72. The maximum atomic E-state index is 5.68. The third-order valence-corrected chi connectivity index (χ3v) is 3.03. The van der Waals surface area contributed by atoms with Crippen LogP contribution >= 0.6 is 0 Å². The van der Waals surface area contributed by atoms with Crippen LogP contribution in [0, 0.1) is 12.3 Å². The van der Waals surface area contributed by atoms with Gasteiger partial charge in [-0.25, -0.2) is 0 Å². The molecule has 0 saturated carbocycles. The zero-order valence-corrected chi connectivity index (χ0v) is 9.57. The van der Waals surface area contributed by atoms with E-state index in [0.29, 0.717) is 12.0 Å². The molecule has 1 aliphatic heterocycles. The number of hydrogen-bond acceptors (Lipinski definition) is 2. The molecule has 0 amide bonds. The molecule has 0 spiro atoms. The van der Waals surface area contributed by atoms with Crippen molar-refractivity contribution in [1.82, 2.24) is 5.32 Å². The molecular formula is C14H17NO. The Labute approximate surface area is 97.0 Å². The van der Waals surface area contributed by atoms with Crippen molar-refractivity contribution >= 4 is 0 Å². The molecule has 0 radical (unpaired) electrons. The molecule has 0 fully saturated rings. The molecule has 0 saturated heterocycles. The molecule has 0 aromatic heterocycles. The first-order chi connectivity index (χ1) is 7.86. The number of nitrogens with one attached hydrogen (secondary N) is 1. The van der Waals surface area contributed by atoms with E-state index in [4.69, 9.17) is 11.2 Å². The fraction of sp³-hybridized carbons (Fsp3) is 0.429.